The first-order valence-corrected chi connectivity index (χ1v) is 22.1. The van der Waals surface area contributed by atoms with Gasteiger partial charge in [-0.05, 0) is 105 Å². The average Bonchev–Trinajstić information content (AvgIpc) is 3.68. The van der Waals surface area contributed by atoms with E-state index in [1.54, 1.807) is 11.9 Å². The molecule has 0 radical (unpaired) electrons. The van der Waals surface area contributed by atoms with Crippen LogP contribution in [-0.2, 0) is 20.7 Å². The summed E-state index contributed by atoms with van der Waals surface area (Å²) in [6.07, 6.45) is -20.8. The Labute approximate surface area is 347 Å². The number of halogens is 12. The van der Waals surface area contributed by atoms with E-state index in [4.69, 9.17) is 4.74 Å². The van der Waals surface area contributed by atoms with E-state index >= 15 is 0 Å². The number of amides is 2. The zero-order valence-corrected chi connectivity index (χ0v) is 34.7. The molecule has 342 valence electrons. The average molecular weight is 920 g/mol. The molecule has 1 saturated heterocycles. The molecule has 3 fully saturated rings. The number of benzene rings is 1. The maximum absolute atomic E-state index is 13.4. The summed E-state index contributed by atoms with van der Waals surface area (Å²) in [7, 11) is 5.61. The van der Waals surface area contributed by atoms with Crippen molar-refractivity contribution in [1.29, 1.82) is 0 Å². The van der Waals surface area contributed by atoms with Crippen LogP contribution < -0.4 is 4.74 Å². The Bertz CT molecular complexity index is 1630. The van der Waals surface area contributed by atoms with Crippen molar-refractivity contribution in [3.63, 3.8) is 0 Å². The topological polar surface area (TPSA) is 82.6 Å². The van der Waals surface area contributed by atoms with Gasteiger partial charge in [0.2, 0.25) is 5.91 Å². The van der Waals surface area contributed by atoms with E-state index in [9.17, 15) is 67.4 Å². The number of hydrogen-bond donors (Lipinski definition) is 1. The lowest BCUT2D eigenvalue weighted by atomic mass is 9.55. The van der Waals surface area contributed by atoms with Gasteiger partial charge in [0.25, 0.3) is 0 Å². The summed E-state index contributed by atoms with van der Waals surface area (Å²) < 4.78 is 167. The molecule has 1 N–H and O–H groups in total. The van der Waals surface area contributed by atoms with Crippen molar-refractivity contribution in [2.75, 3.05) is 58.4 Å². The highest BCUT2D eigenvalue weighted by atomic mass is 33.1. The largest absolute Gasteiger partial charge is 0.494 e. The Morgan fingerprint density at radius 2 is 1.58 bits per heavy atom. The predicted molar refractivity (Wildman–Crippen MR) is 199 cm³/mol. The van der Waals surface area contributed by atoms with Gasteiger partial charge in [-0.25, -0.2) is 0 Å². The van der Waals surface area contributed by atoms with Crippen LogP contribution in [0.2, 0.25) is 0 Å². The third-order valence-corrected chi connectivity index (χ3v) is 15.3. The first kappa shape index (κ1) is 48.7. The molecular weight excluding hydrogens is 871 g/mol. The number of carbonyl (C=O) groups excluding carboxylic acids is 2. The fraction of sp³-hybridized carbons (Fsp3) is 0.789. The fourth-order valence-electron chi connectivity index (χ4n) is 9.89. The minimum Gasteiger partial charge on any atom is -0.494 e. The molecule has 1 aromatic carbocycles. The lowest BCUT2D eigenvalue weighted by Gasteiger charge is -2.52. The summed E-state index contributed by atoms with van der Waals surface area (Å²) in [6, 6.07) is 5.20. The van der Waals surface area contributed by atoms with Crippen molar-refractivity contribution in [2.24, 2.45) is 17.3 Å². The van der Waals surface area contributed by atoms with Gasteiger partial charge >= 0.3 is 36.2 Å². The smallest absolute Gasteiger partial charge is 0.471 e. The maximum Gasteiger partial charge on any atom is 0.471 e. The Kier molecular flexibility index (Phi) is 15.0. The van der Waals surface area contributed by atoms with Crippen LogP contribution in [0.15, 0.2) is 18.2 Å². The number of fused-ring (bicyclic) bond motifs is 5. The number of aryl methyl sites for hydroxylation is 1. The summed E-state index contributed by atoms with van der Waals surface area (Å²) >= 11 is 0. The molecule has 2 amide bonds. The summed E-state index contributed by atoms with van der Waals surface area (Å²) in [5.74, 6) is 0.152. The van der Waals surface area contributed by atoms with Gasteiger partial charge in [0.05, 0.1) is 25.9 Å². The highest BCUT2D eigenvalue weighted by molar-refractivity contribution is 8.76. The lowest BCUT2D eigenvalue weighted by Crippen LogP contribution is -2.68. The molecule has 7 atom stereocenters. The molecular formula is C38H49F12N3O5S2. The molecule has 1 aliphatic heterocycles. The minimum atomic E-state index is -6.83. The first-order valence-electron chi connectivity index (χ1n) is 19.6. The second kappa shape index (κ2) is 18.4. The second-order valence-electron chi connectivity index (χ2n) is 16.5. The van der Waals surface area contributed by atoms with Gasteiger partial charge in [-0.15, -0.1) is 0 Å². The maximum atomic E-state index is 13.4. The number of nitrogens with zero attached hydrogens (tertiary/aromatic N) is 3. The second-order valence-corrected chi connectivity index (χ2v) is 19.1. The standard InChI is InChI=1S/C38H49F12N3O5S2/c1-33-12-11-27-26-8-6-25(57-14-4-16-59-60-21-23-18-24(54)19-53(23)32(56)34(39,40)41)17-22(26)5-7-28(27)29(33)9-10-30(33)52(3)31(55)20-51(2)13-15-58-35(36(42,43)44,37(45,46)47)38(48,49)50/h6,8,17,23-24,27-30,54H,4-5,7,9-16,18-21H2,1-3H3/t23-,24+,27?,28?,29?,30-,33-/m0/s1. The van der Waals surface area contributed by atoms with E-state index < -0.39 is 74.0 Å². The SMILES string of the molecule is CN(CCOC(C(F)(F)F)(C(F)(F)F)C(F)(F)F)CC(=O)N(C)[C@H]1CCC2C3CCc4cc(OCCCSSC[C@@H]5C[C@@H](O)CN5C(=O)C(F)(F)F)ccc4C3CC[C@@]21C. The van der Waals surface area contributed by atoms with Crippen LogP contribution in [0.1, 0.15) is 68.9 Å². The van der Waals surface area contributed by atoms with E-state index in [1.807, 2.05) is 6.07 Å². The predicted octanol–water partition coefficient (Wildman–Crippen LogP) is 8.42. The van der Waals surface area contributed by atoms with Crippen LogP contribution in [-0.4, -0.2) is 139 Å². The van der Waals surface area contributed by atoms with Crippen molar-refractivity contribution in [3.8, 4) is 5.75 Å². The van der Waals surface area contributed by atoms with Crippen molar-refractivity contribution < 1.29 is 76.9 Å². The number of likely N-dealkylation sites (N-methyl/N-ethyl adjacent to an activating group) is 2. The summed E-state index contributed by atoms with van der Waals surface area (Å²) in [4.78, 5) is 28.4. The molecule has 1 aromatic rings. The summed E-state index contributed by atoms with van der Waals surface area (Å²) in [5.41, 5.74) is -4.18. The zero-order valence-electron chi connectivity index (χ0n) is 33.1. The van der Waals surface area contributed by atoms with Crippen LogP contribution in [0.5, 0.6) is 5.75 Å². The molecule has 1 heterocycles. The van der Waals surface area contributed by atoms with Crippen molar-refractivity contribution >= 4 is 33.4 Å². The number of ether oxygens (including phenoxy) is 2. The number of rotatable bonds is 15. The normalized spacial score (nSPS) is 27.4. The highest BCUT2D eigenvalue weighted by Gasteiger charge is 2.85. The van der Waals surface area contributed by atoms with Crippen LogP contribution in [0.25, 0.3) is 0 Å². The number of aliphatic hydroxyl groups excluding tert-OH is 1. The number of hydrogen-bond acceptors (Lipinski definition) is 8. The molecule has 22 heteroatoms. The van der Waals surface area contributed by atoms with E-state index in [-0.39, 0.29) is 36.1 Å². The molecule has 0 aromatic heterocycles. The van der Waals surface area contributed by atoms with Crippen molar-refractivity contribution in [1.82, 2.24) is 14.7 Å². The van der Waals surface area contributed by atoms with Crippen molar-refractivity contribution in [2.45, 2.75) is 113 Å². The molecule has 0 spiro atoms. The molecule has 2 saturated carbocycles. The van der Waals surface area contributed by atoms with E-state index in [2.05, 4.69) is 23.8 Å². The zero-order chi connectivity index (χ0) is 44.6. The highest BCUT2D eigenvalue weighted by Crippen LogP contribution is 2.62. The van der Waals surface area contributed by atoms with Gasteiger partial charge in [0.15, 0.2) is 0 Å². The van der Waals surface area contributed by atoms with E-state index in [1.165, 1.54) is 39.8 Å². The first-order chi connectivity index (χ1) is 27.7. The number of likely N-dealkylation sites (tertiary alicyclic amines) is 1. The van der Waals surface area contributed by atoms with Crippen LogP contribution in [0, 0.1) is 17.3 Å². The van der Waals surface area contributed by atoms with Crippen LogP contribution >= 0.6 is 21.6 Å². The number of β-amino-alcohol motifs (C(OH)–C–C–N with tert-alkyl or cyclic N) is 1. The summed E-state index contributed by atoms with van der Waals surface area (Å²) in [5, 5.41) is 9.82. The van der Waals surface area contributed by atoms with Crippen molar-refractivity contribution in [3.05, 3.63) is 29.3 Å². The third-order valence-electron chi connectivity index (χ3n) is 12.8. The van der Waals surface area contributed by atoms with Gasteiger partial charge in [-0.2, -0.15) is 52.7 Å². The number of aliphatic hydroxyl groups is 1. The Balaban J connectivity index is 1.08. The van der Waals surface area contributed by atoms with E-state index in [0.717, 1.165) is 42.8 Å². The monoisotopic (exact) mass is 919 g/mol. The minimum absolute atomic E-state index is 0.0994. The van der Waals surface area contributed by atoms with Crippen LogP contribution in [0.4, 0.5) is 52.7 Å². The molecule has 8 nitrogen and oxygen atoms in total. The molecule has 5 rings (SSSR count). The Morgan fingerprint density at radius 3 is 2.22 bits per heavy atom. The molecule has 4 aliphatic rings. The molecule has 60 heavy (non-hydrogen) atoms. The van der Waals surface area contributed by atoms with Gasteiger partial charge in [0, 0.05) is 43.7 Å². The molecule has 3 unspecified atom stereocenters. The Morgan fingerprint density at radius 1 is 0.917 bits per heavy atom. The Hall–Kier alpha value is -2.30. The third kappa shape index (κ3) is 10.1. The molecule has 0 bridgehead atoms. The van der Waals surface area contributed by atoms with Gasteiger partial charge in [-0.1, -0.05) is 34.6 Å². The quantitative estimate of drug-likeness (QED) is 0.107. The van der Waals surface area contributed by atoms with Gasteiger partial charge < -0.3 is 24.4 Å². The summed E-state index contributed by atoms with van der Waals surface area (Å²) in [6.45, 7) is -0.626. The number of alkyl halides is 12. The lowest BCUT2D eigenvalue weighted by molar-refractivity contribution is -0.457. The number of carbonyl (C=O) groups is 2. The van der Waals surface area contributed by atoms with Gasteiger partial charge in [-0.3, -0.25) is 14.5 Å². The van der Waals surface area contributed by atoms with E-state index in [0.29, 0.717) is 41.9 Å². The molecule has 3 aliphatic carbocycles. The van der Waals surface area contributed by atoms with Crippen LogP contribution in [0.3, 0.4) is 0 Å². The fourth-order valence-corrected chi connectivity index (χ4v) is 12.3. The van der Waals surface area contributed by atoms with Gasteiger partial charge in [0.1, 0.15) is 5.75 Å².